The van der Waals surface area contributed by atoms with Crippen molar-refractivity contribution >= 4 is 22.5 Å². The van der Waals surface area contributed by atoms with Gasteiger partial charge in [-0.15, -0.1) is 0 Å². The first-order chi connectivity index (χ1) is 14.0. The Morgan fingerprint density at radius 1 is 1.17 bits per heavy atom. The first-order valence-corrected chi connectivity index (χ1v) is 10.2. The third-order valence-corrected chi connectivity index (χ3v) is 5.93. The number of carbonyl (C=O) groups excluding carboxylic acids is 1. The molecule has 0 radical (unpaired) electrons. The standard InChI is InChI=1S/C22H23FN4O2/c1-12-17-10-15(9-14-3-4-14)11-18(23)20(17)25-21(27-7-5-16(28)6-8-27)19(12)22-24-13(2)26-29-22/h10-11,14H,3-9H2,1-2H3. The number of ketones is 1. The average molecular weight is 394 g/mol. The van der Waals surface area contributed by atoms with Crippen LogP contribution in [0.3, 0.4) is 0 Å². The van der Waals surface area contributed by atoms with Gasteiger partial charge in [-0.25, -0.2) is 9.37 Å². The molecule has 1 aliphatic carbocycles. The van der Waals surface area contributed by atoms with Crippen molar-refractivity contribution in [3.63, 3.8) is 0 Å². The number of rotatable bonds is 4. The number of aryl methyl sites for hydroxylation is 2. The van der Waals surface area contributed by atoms with E-state index in [1.54, 1.807) is 13.0 Å². The van der Waals surface area contributed by atoms with E-state index in [-0.39, 0.29) is 11.6 Å². The van der Waals surface area contributed by atoms with Gasteiger partial charge in [0.05, 0.1) is 5.56 Å². The van der Waals surface area contributed by atoms with Crippen molar-refractivity contribution in [1.29, 1.82) is 0 Å². The van der Waals surface area contributed by atoms with Gasteiger partial charge in [0.1, 0.15) is 22.9 Å². The summed E-state index contributed by atoms with van der Waals surface area (Å²) >= 11 is 0. The molecule has 1 saturated heterocycles. The molecule has 0 amide bonds. The number of hydrogen-bond donors (Lipinski definition) is 0. The second-order valence-electron chi connectivity index (χ2n) is 8.23. The van der Waals surface area contributed by atoms with Gasteiger partial charge in [-0.05, 0) is 62.3 Å². The van der Waals surface area contributed by atoms with E-state index in [0.29, 0.717) is 54.9 Å². The molecule has 0 atom stereocenters. The maximum absolute atomic E-state index is 15.1. The Labute approximate surface area is 168 Å². The van der Waals surface area contributed by atoms with Crippen LogP contribution in [0.25, 0.3) is 22.4 Å². The number of pyridine rings is 1. The van der Waals surface area contributed by atoms with Crippen LogP contribution >= 0.6 is 0 Å². The molecular weight excluding hydrogens is 371 g/mol. The van der Waals surface area contributed by atoms with Crippen LogP contribution in [0.4, 0.5) is 10.2 Å². The van der Waals surface area contributed by atoms with Crippen molar-refractivity contribution in [1.82, 2.24) is 15.1 Å². The van der Waals surface area contributed by atoms with E-state index in [1.807, 2.05) is 11.8 Å². The molecule has 2 fully saturated rings. The molecule has 0 unspecified atom stereocenters. The van der Waals surface area contributed by atoms with Gasteiger partial charge in [0.15, 0.2) is 5.82 Å². The molecule has 6 nitrogen and oxygen atoms in total. The molecule has 3 heterocycles. The second kappa shape index (κ2) is 6.90. The number of fused-ring (bicyclic) bond motifs is 1. The van der Waals surface area contributed by atoms with E-state index >= 15 is 4.39 Å². The highest BCUT2D eigenvalue weighted by Crippen LogP contribution is 2.39. The van der Waals surface area contributed by atoms with Crippen LogP contribution in [0.2, 0.25) is 0 Å². The number of anilines is 1. The second-order valence-corrected chi connectivity index (χ2v) is 8.23. The van der Waals surface area contributed by atoms with Crippen LogP contribution in [-0.2, 0) is 11.2 Å². The number of halogens is 1. The summed E-state index contributed by atoms with van der Waals surface area (Å²) in [6.07, 6.45) is 4.26. The van der Waals surface area contributed by atoms with Crippen LogP contribution in [-0.4, -0.2) is 34.0 Å². The largest absolute Gasteiger partial charge is 0.355 e. The van der Waals surface area contributed by atoms with Crippen LogP contribution in [0.15, 0.2) is 16.7 Å². The first kappa shape index (κ1) is 18.2. The maximum Gasteiger partial charge on any atom is 0.261 e. The van der Waals surface area contributed by atoms with Gasteiger partial charge in [-0.1, -0.05) is 5.16 Å². The number of aromatic nitrogens is 3. The number of Topliss-reactive ketones (excluding diaryl/α,β-unsaturated/α-hetero) is 1. The molecule has 5 rings (SSSR count). The first-order valence-electron chi connectivity index (χ1n) is 10.2. The zero-order chi connectivity index (χ0) is 20.1. The SMILES string of the molecule is Cc1noc(-c2c(N3CCC(=O)CC3)nc3c(F)cc(CC4CC4)cc3c2C)n1. The smallest absolute Gasteiger partial charge is 0.261 e. The highest BCUT2D eigenvalue weighted by molar-refractivity contribution is 5.93. The minimum absolute atomic E-state index is 0.241. The maximum atomic E-state index is 15.1. The summed E-state index contributed by atoms with van der Waals surface area (Å²) in [6.45, 7) is 4.83. The fourth-order valence-corrected chi connectivity index (χ4v) is 4.14. The molecule has 1 aromatic carbocycles. The Hall–Kier alpha value is -2.83. The fourth-order valence-electron chi connectivity index (χ4n) is 4.14. The van der Waals surface area contributed by atoms with Crippen molar-refractivity contribution in [2.24, 2.45) is 5.92 Å². The molecule has 2 aromatic heterocycles. The van der Waals surface area contributed by atoms with Crippen molar-refractivity contribution in [2.75, 3.05) is 18.0 Å². The molecule has 0 spiro atoms. The minimum Gasteiger partial charge on any atom is -0.355 e. The summed E-state index contributed by atoms with van der Waals surface area (Å²) < 4.78 is 20.5. The summed E-state index contributed by atoms with van der Waals surface area (Å²) in [5.41, 5.74) is 2.97. The third-order valence-electron chi connectivity index (χ3n) is 5.93. The topological polar surface area (TPSA) is 72.1 Å². The molecule has 150 valence electrons. The summed E-state index contributed by atoms with van der Waals surface area (Å²) in [7, 11) is 0. The molecule has 29 heavy (non-hydrogen) atoms. The summed E-state index contributed by atoms with van der Waals surface area (Å²) in [6, 6.07) is 3.67. The van der Waals surface area contributed by atoms with Crippen LogP contribution in [0.5, 0.6) is 0 Å². The lowest BCUT2D eigenvalue weighted by Gasteiger charge is -2.29. The fraction of sp³-hybridized carbons (Fsp3) is 0.455. The van der Waals surface area contributed by atoms with Gasteiger partial charge < -0.3 is 9.42 Å². The van der Waals surface area contributed by atoms with Crippen LogP contribution in [0, 0.1) is 25.6 Å². The van der Waals surface area contributed by atoms with E-state index in [1.165, 1.54) is 12.8 Å². The Bertz CT molecular complexity index is 1110. The molecule has 7 heteroatoms. The lowest BCUT2D eigenvalue weighted by Crippen LogP contribution is -2.34. The monoisotopic (exact) mass is 394 g/mol. The molecule has 1 aliphatic heterocycles. The quantitative estimate of drug-likeness (QED) is 0.662. The van der Waals surface area contributed by atoms with E-state index in [4.69, 9.17) is 9.51 Å². The molecule has 2 aliphatic rings. The van der Waals surface area contributed by atoms with Crippen molar-refractivity contribution in [2.45, 2.75) is 46.0 Å². The number of benzene rings is 1. The zero-order valence-corrected chi connectivity index (χ0v) is 16.7. The van der Waals surface area contributed by atoms with Gasteiger partial charge in [-0.2, -0.15) is 4.98 Å². The zero-order valence-electron chi connectivity index (χ0n) is 16.7. The molecule has 0 N–H and O–H groups in total. The Morgan fingerprint density at radius 3 is 2.59 bits per heavy atom. The van der Waals surface area contributed by atoms with Crippen LogP contribution in [0.1, 0.15) is 42.6 Å². The Kier molecular flexibility index (Phi) is 4.33. The Morgan fingerprint density at radius 2 is 1.93 bits per heavy atom. The predicted molar refractivity (Wildman–Crippen MR) is 107 cm³/mol. The van der Waals surface area contributed by atoms with Gasteiger partial charge >= 0.3 is 0 Å². The Balaban J connectivity index is 1.71. The van der Waals surface area contributed by atoms with E-state index in [0.717, 1.165) is 28.5 Å². The van der Waals surface area contributed by atoms with Crippen molar-refractivity contribution in [3.05, 3.63) is 34.9 Å². The minimum atomic E-state index is -0.302. The molecule has 3 aromatic rings. The highest BCUT2D eigenvalue weighted by atomic mass is 19.1. The van der Waals surface area contributed by atoms with E-state index in [2.05, 4.69) is 16.2 Å². The molecule has 0 bridgehead atoms. The summed E-state index contributed by atoms with van der Waals surface area (Å²) in [5, 5.41) is 4.72. The number of piperidine rings is 1. The average Bonchev–Trinajstić information content (AvgIpc) is 3.41. The summed E-state index contributed by atoms with van der Waals surface area (Å²) in [4.78, 5) is 22.9. The lowest BCUT2D eigenvalue weighted by molar-refractivity contribution is -0.119. The summed E-state index contributed by atoms with van der Waals surface area (Å²) in [5.74, 6) is 2.14. The van der Waals surface area contributed by atoms with Crippen molar-refractivity contribution in [3.8, 4) is 11.5 Å². The predicted octanol–water partition coefficient (Wildman–Crippen LogP) is 4.16. The molecular formula is C22H23FN4O2. The van der Waals surface area contributed by atoms with Crippen molar-refractivity contribution < 1.29 is 13.7 Å². The lowest BCUT2D eigenvalue weighted by atomic mass is 9.98. The number of carbonyl (C=O) groups is 1. The van der Waals surface area contributed by atoms with Gasteiger partial charge in [-0.3, -0.25) is 4.79 Å². The van der Waals surface area contributed by atoms with Gasteiger partial charge in [0.2, 0.25) is 0 Å². The molecule has 1 saturated carbocycles. The van der Waals surface area contributed by atoms with Crippen LogP contribution < -0.4 is 4.90 Å². The number of nitrogens with zero attached hydrogens (tertiary/aromatic N) is 4. The van der Waals surface area contributed by atoms with E-state index in [9.17, 15) is 4.79 Å². The van der Waals surface area contributed by atoms with E-state index < -0.39 is 0 Å². The van der Waals surface area contributed by atoms with Gasteiger partial charge in [0, 0.05) is 31.3 Å². The normalized spacial score (nSPS) is 17.3. The highest BCUT2D eigenvalue weighted by Gasteiger charge is 2.28. The third kappa shape index (κ3) is 3.39. The number of hydrogen-bond acceptors (Lipinski definition) is 6. The van der Waals surface area contributed by atoms with Gasteiger partial charge in [0.25, 0.3) is 5.89 Å².